The zero-order valence-corrected chi connectivity index (χ0v) is 11.2. The monoisotopic (exact) mass is 259 g/mol. The van der Waals surface area contributed by atoms with Crippen molar-refractivity contribution >= 4 is 0 Å². The van der Waals surface area contributed by atoms with Crippen LogP contribution in [0.25, 0.3) is 11.3 Å². The van der Waals surface area contributed by atoms with Gasteiger partial charge in [0.15, 0.2) is 0 Å². The zero-order chi connectivity index (χ0) is 14.0. The number of hydrogen-bond acceptors (Lipinski definition) is 4. The molecule has 0 fully saturated rings. The van der Waals surface area contributed by atoms with Gasteiger partial charge in [-0.05, 0) is 43.7 Å². The lowest BCUT2D eigenvalue weighted by atomic mass is 10.0. The van der Waals surface area contributed by atoms with Gasteiger partial charge in [-0.1, -0.05) is 0 Å². The van der Waals surface area contributed by atoms with Crippen LogP contribution in [0.3, 0.4) is 0 Å². The molecule has 0 spiro atoms. The van der Waals surface area contributed by atoms with E-state index < -0.39 is 0 Å². The molecule has 0 amide bonds. The predicted octanol–water partition coefficient (Wildman–Crippen LogP) is 1.77. The van der Waals surface area contributed by atoms with Crippen molar-refractivity contribution in [2.45, 2.75) is 19.9 Å². The third kappa shape index (κ3) is 2.66. The highest BCUT2D eigenvalue weighted by Gasteiger charge is 2.09. The first-order valence-corrected chi connectivity index (χ1v) is 6.03. The molecule has 19 heavy (non-hydrogen) atoms. The summed E-state index contributed by atoms with van der Waals surface area (Å²) in [6.07, 6.45) is 0. The van der Waals surface area contributed by atoms with Gasteiger partial charge in [-0.3, -0.25) is 4.79 Å². The highest BCUT2D eigenvalue weighted by atomic mass is 16.5. The Morgan fingerprint density at radius 1 is 1.37 bits per heavy atom. The Morgan fingerprint density at radius 3 is 2.68 bits per heavy atom. The van der Waals surface area contributed by atoms with Gasteiger partial charge in [0.2, 0.25) is 0 Å². The van der Waals surface area contributed by atoms with Crippen molar-refractivity contribution in [2.24, 2.45) is 5.73 Å². The summed E-state index contributed by atoms with van der Waals surface area (Å²) in [6.45, 7) is 3.73. The molecular formula is C14H17N3O2. The number of nitrogens with zero attached hydrogens (tertiary/aromatic N) is 1. The number of rotatable bonds is 3. The molecule has 3 N–H and O–H groups in total. The fourth-order valence-corrected chi connectivity index (χ4v) is 1.94. The van der Waals surface area contributed by atoms with Crippen molar-refractivity contribution in [2.75, 3.05) is 7.11 Å². The van der Waals surface area contributed by atoms with Crippen molar-refractivity contribution in [1.29, 1.82) is 0 Å². The molecule has 0 aliphatic rings. The van der Waals surface area contributed by atoms with Crippen LogP contribution in [0.4, 0.5) is 0 Å². The summed E-state index contributed by atoms with van der Waals surface area (Å²) < 4.78 is 5.22. The van der Waals surface area contributed by atoms with E-state index in [1.54, 1.807) is 20.1 Å². The maximum absolute atomic E-state index is 11.6. The molecule has 1 atom stereocenters. The van der Waals surface area contributed by atoms with E-state index in [4.69, 9.17) is 10.5 Å². The van der Waals surface area contributed by atoms with Crippen molar-refractivity contribution in [3.05, 3.63) is 45.7 Å². The van der Waals surface area contributed by atoms with Crippen molar-refractivity contribution in [3.8, 4) is 17.0 Å². The normalized spacial score (nSPS) is 12.2. The van der Waals surface area contributed by atoms with Crippen LogP contribution in [-0.4, -0.2) is 17.3 Å². The van der Waals surface area contributed by atoms with E-state index >= 15 is 0 Å². The minimum atomic E-state index is -0.329. The van der Waals surface area contributed by atoms with Crippen molar-refractivity contribution in [3.63, 3.8) is 0 Å². The Balaban J connectivity index is 2.50. The number of aromatic amines is 1. The number of methoxy groups -OCH3 is 1. The molecule has 1 aromatic carbocycles. The summed E-state index contributed by atoms with van der Waals surface area (Å²) in [5, 5.41) is 6.53. The van der Waals surface area contributed by atoms with Gasteiger partial charge in [0, 0.05) is 17.2 Å². The fourth-order valence-electron chi connectivity index (χ4n) is 1.94. The number of benzene rings is 1. The van der Waals surface area contributed by atoms with E-state index in [1.165, 1.54) is 0 Å². The van der Waals surface area contributed by atoms with Crippen LogP contribution < -0.4 is 16.0 Å². The summed E-state index contributed by atoms with van der Waals surface area (Å²) in [7, 11) is 1.63. The van der Waals surface area contributed by atoms with Gasteiger partial charge in [-0.25, -0.2) is 5.10 Å². The molecule has 100 valence electrons. The van der Waals surface area contributed by atoms with Crippen LogP contribution in [0.2, 0.25) is 0 Å². The lowest BCUT2D eigenvalue weighted by Crippen LogP contribution is -2.20. The number of ether oxygens (including phenoxy) is 1. The molecule has 1 heterocycles. The van der Waals surface area contributed by atoms with Gasteiger partial charge < -0.3 is 10.5 Å². The molecule has 1 aromatic heterocycles. The Kier molecular flexibility index (Phi) is 3.66. The van der Waals surface area contributed by atoms with Crippen LogP contribution in [-0.2, 0) is 0 Å². The molecule has 1 unspecified atom stereocenters. The molecule has 5 heteroatoms. The number of hydrogen-bond donors (Lipinski definition) is 2. The Morgan fingerprint density at radius 2 is 2.11 bits per heavy atom. The molecule has 0 aliphatic carbocycles. The summed E-state index contributed by atoms with van der Waals surface area (Å²) in [5.74, 6) is 0.820. The average molecular weight is 259 g/mol. The van der Waals surface area contributed by atoms with Crippen LogP contribution >= 0.6 is 0 Å². The molecule has 0 aliphatic heterocycles. The van der Waals surface area contributed by atoms with Crippen molar-refractivity contribution in [1.82, 2.24) is 10.2 Å². The Hall–Kier alpha value is -2.14. The smallest absolute Gasteiger partial charge is 0.268 e. The molecule has 0 saturated carbocycles. The van der Waals surface area contributed by atoms with Gasteiger partial charge in [0.05, 0.1) is 12.8 Å². The minimum Gasteiger partial charge on any atom is -0.496 e. The Bertz CT molecular complexity index is 647. The Labute approximate surface area is 111 Å². The zero-order valence-electron chi connectivity index (χ0n) is 11.2. The quantitative estimate of drug-likeness (QED) is 0.880. The minimum absolute atomic E-state index is 0.246. The van der Waals surface area contributed by atoms with E-state index in [1.807, 2.05) is 25.1 Å². The summed E-state index contributed by atoms with van der Waals surface area (Å²) in [6, 6.07) is 7.14. The SMILES string of the molecule is COc1ccc(-c2cc(C(C)N)c(=O)[nH]n2)cc1C. The number of aromatic nitrogens is 2. The van der Waals surface area contributed by atoms with E-state index in [0.29, 0.717) is 11.3 Å². The van der Waals surface area contributed by atoms with Gasteiger partial charge in [0.1, 0.15) is 5.75 Å². The third-order valence-corrected chi connectivity index (χ3v) is 3.01. The topological polar surface area (TPSA) is 81.0 Å². The van der Waals surface area contributed by atoms with Crippen LogP contribution in [0, 0.1) is 6.92 Å². The molecule has 0 radical (unpaired) electrons. The van der Waals surface area contributed by atoms with Gasteiger partial charge >= 0.3 is 0 Å². The van der Waals surface area contributed by atoms with Crippen LogP contribution in [0.5, 0.6) is 5.75 Å². The number of nitrogens with one attached hydrogen (secondary N) is 1. The summed E-state index contributed by atoms with van der Waals surface area (Å²) in [4.78, 5) is 11.6. The second kappa shape index (κ2) is 5.24. The van der Waals surface area contributed by atoms with Gasteiger partial charge in [-0.15, -0.1) is 0 Å². The van der Waals surface area contributed by atoms with E-state index in [-0.39, 0.29) is 11.6 Å². The maximum Gasteiger partial charge on any atom is 0.268 e. The predicted molar refractivity (Wildman–Crippen MR) is 74.2 cm³/mol. The lowest BCUT2D eigenvalue weighted by molar-refractivity contribution is 0.412. The second-order valence-corrected chi connectivity index (χ2v) is 4.51. The molecule has 2 rings (SSSR count). The second-order valence-electron chi connectivity index (χ2n) is 4.51. The highest BCUT2D eigenvalue weighted by molar-refractivity contribution is 5.62. The molecule has 5 nitrogen and oxygen atoms in total. The van der Waals surface area contributed by atoms with E-state index in [2.05, 4.69) is 10.2 Å². The summed E-state index contributed by atoms with van der Waals surface area (Å²) >= 11 is 0. The molecule has 0 bridgehead atoms. The first-order valence-electron chi connectivity index (χ1n) is 6.03. The molecule has 2 aromatic rings. The number of aryl methyl sites for hydroxylation is 1. The highest BCUT2D eigenvalue weighted by Crippen LogP contribution is 2.24. The standard InChI is InChI=1S/C14H17N3O2/c1-8-6-10(4-5-13(8)19-3)12-7-11(9(2)15)14(18)17-16-12/h4-7,9H,15H2,1-3H3,(H,17,18). The largest absolute Gasteiger partial charge is 0.496 e. The van der Waals surface area contributed by atoms with Gasteiger partial charge in [-0.2, -0.15) is 5.10 Å². The molecular weight excluding hydrogens is 242 g/mol. The third-order valence-electron chi connectivity index (χ3n) is 3.01. The van der Waals surface area contributed by atoms with Crippen molar-refractivity contribution < 1.29 is 4.74 Å². The van der Waals surface area contributed by atoms with Gasteiger partial charge in [0.25, 0.3) is 5.56 Å². The number of H-pyrrole nitrogens is 1. The van der Waals surface area contributed by atoms with E-state index in [9.17, 15) is 4.79 Å². The lowest BCUT2D eigenvalue weighted by Gasteiger charge is -2.09. The first-order chi connectivity index (χ1) is 9.02. The van der Waals surface area contributed by atoms with Crippen LogP contribution in [0.15, 0.2) is 29.1 Å². The fraction of sp³-hybridized carbons (Fsp3) is 0.286. The first kappa shape index (κ1) is 13.3. The average Bonchev–Trinajstić information content (AvgIpc) is 2.38. The van der Waals surface area contributed by atoms with E-state index in [0.717, 1.165) is 16.9 Å². The van der Waals surface area contributed by atoms with Crippen LogP contribution in [0.1, 0.15) is 24.1 Å². The molecule has 0 saturated heterocycles. The summed E-state index contributed by atoms with van der Waals surface area (Å²) in [5.41, 5.74) is 8.66. The number of nitrogens with two attached hydrogens (primary N) is 1. The maximum atomic E-state index is 11.6.